The smallest absolute Gasteiger partial charge is 0.431 e. The van der Waals surface area contributed by atoms with Crippen LogP contribution < -0.4 is 4.90 Å². The molecule has 0 aromatic heterocycles. The topological polar surface area (TPSA) is 88.5 Å². The number of rotatable bonds is 8. The van der Waals surface area contributed by atoms with E-state index in [4.69, 9.17) is 21.2 Å². The van der Waals surface area contributed by atoms with Gasteiger partial charge in [0, 0.05) is 32.2 Å². The Balaban J connectivity index is 2.38. The van der Waals surface area contributed by atoms with Gasteiger partial charge in [-0.2, -0.15) is 13.2 Å². The molecule has 0 spiro atoms. The van der Waals surface area contributed by atoms with Crippen LogP contribution in [0.1, 0.15) is 32.3 Å². The van der Waals surface area contributed by atoms with Gasteiger partial charge in [-0.05, 0) is 25.5 Å². The second-order valence-electron chi connectivity index (χ2n) is 7.60. The van der Waals surface area contributed by atoms with Gasteiger partial charge in [-0.25, -0.2) is 9.18 Å². The van der Waals surface area contributed by atoms with Crippen molar-refractivity contribution < 1.29 is 41.5 Å². The quantitative estimate of drug-likeness (QED) is 0.231. The summed E-state index contributed by atoms with van der Waals surface area (Å²) in [4.78, 5) is 41.6. The Labute approximate surface area is 197 Å². The van der Waals surface area contributed by atoms with Crippen LogP contribution in [0.15, 0.2) is 29.1 Å². The van der Waals surface area contributed by atoms with Crippen molar-refractivity contribution in [3.63, 3.8) is 0 Å². The van der Waals surface area contributed by atoms with Crippen LogP contribution in [0.25, 0.3) is 0 Å². The van der Waals surface area contributed by atoms with E-state index in [0.29, 0.717) is 11.3 Å². The number of ether oxygens (including phenoxy) is 1. The number of amides is 2. The third-order valence-corrected chi connectivity index (χ3v) is 5.17. The summed E-state index contributed by atoms with van der Waals surface area (Å²) in [5.74, 6) is -2.92. The number of oxime groups is 1. The summed E-state index contributed by atoms with van der Waals surface area (Å²) in [5.41, 5.74) is -3.15. The van der Waals surface area contributed by atoms with Gasteiger partial charge in [0.05, 0.1) is 23.0 Å². The zero-order chi connectivity index (χ0) is 25.8. The summed E-state index contributed by atoms with van der Waals surface area (Å²) in [5, 5.41) is 3.72. The van der Waals surface area contributed by atoms with E-state index in [1.165, 1.54) is 6.92 Å². The Hall–Kier alpha value is -3.15. The molecule has 0 radical (unpaired) electrons. The van der Waals surface area contributed by atoms with Crippen LogP contribution in [0.4, 0.5) is 23.2 Å². The summed E-state index contributed by atoms with van der Waals surface area (Å²) in [6.07, 6.45) is -4.45. The van der Waals surface area contributed by atoms with Gasteiger partial charge in [0.1, 0.15) is 11.5 Å². The first-order valence-corrected chi connectivity index (χ1v) is 10.3. The van der Waals surface area contributed by atoms with E-state index in [1.54, 1.807) is 0 Å². The third kappa shape index (κ3) is 5.85. The summed E-state index contributed by atoms with van der Waals surface area (Å²) < 4.78 is 59.3. The van der Waals surface area contributed by atoms with Gasteiger partial charge in [-0.1, -0.05) is 23.7 Å². The number of benzene rings is 1. The highest BCUT2D eigenvalue weighted by atomic mass is 35.5. The minimum absolute atomic E-state index is 0.0831. The van der Waals surface area contributed by atoms with Crippen molar-refractivity contribution in [2.75, 3.05) is 25.6 Å². The second-order valence-corrected chi connectivity index (χ2v) is 8.00. The molecule has 1 aromatic rings. The summed E-state index contributed by atoms with van der Waals surface area (Å²) in [7, 11) is 1.87. The number of hydrogen-bond donors (Lipinski definition) is 0. The maximum atomic E-state index is 14.6. The normalized spacial score (nSPS) is 18.1. The van der Waals surface area contributed by atoms with Crippen LogP contribution in [-0.4, -0.2) is 61.4 Å². The standard InChI is InChI=1S/C21H22ClF4N3O5/c1-5-6-33-19(32)20(2)10-15(27-34-20)12-7-16(14(23)8-13(12)22)29(4)18(31)9-17(21(24,25)26)28(3)11-30/h7-9,11H,5-6,10H2,1-4H3/b17-9-. The number of allylic oxidation sites excluding steroid dienone is 1. The maximum absolute atomic E-state index is 14.6. The zero-order valence-corrected chi connectivity index (χ0v) is 19.5. The Kier molecular flexibility index (Phi) is 8.30. The third-order valence-electron chi connectivity index (χ3n) is 4.86. The molecule has 0 bridgehead atoms. The van der Waals surface area contributed by atoms with E-state index in [2.05, 4.69) is 5.16 Å². The van der Waals surface area contributed by atoms with Crippen LogP contribution in [0.2, 0.25) is 5.02 Å². The highest BCUT2D eigenvalue weighted by molar-refractivity contribution is 6.34. The first kappa shape index (κ1) is 27.1. The molecule has 0 fully saturated rings. The molecule has 1 aliphatic heterocycles. The fraction of sp³-hybridized carbons (Fsp3) is 0.429. The van der Waals surface area contributed by atoms with Crippen molar-refractivity contribution in [2.45, 2.75) is 38.5 Å². The molecule has 2 amide bonds. The lowest BCUT2D eigenvalue weighted by Crippen LogP contribution is -2.37. The number of likely N-dealkylation sites (N-methyl/N-ethyl adjacent to an activating group) is 1. The molecule has 8 nitrogen and oxygen atoms in total. The SMILES string of the molecule is CCCOC(=O)C1(C)CC(c2cc(N(C)C(=O)/C=C(\N(C)C=O)C(F)(F)F)c(F)cc2Cl)=NO1. The minimum Gasteiger partial charge on any atom is -0.463 e. The fourth-order valence-electron chi connectivity index (χ4n) is 2.93. The molecule has 1 atom stereocenters. The van der Waals surface area contributed by atoms with E-state index in [1.807, 2.05) is 6.92 Å². The highest BCUT2D eigenvalue weighted by Crippen LogP contribution is 2.34. The molecular formula is C21H22ClF4N3O5. The first-order valence-electron chi connectivity index (χ1n) is 9.91. The van der Waals surface area contributed by atoms with Gasteiger partial charge in [0.25, 0.3) is 5.91 Å². The molecule has 0 N–H and O–H groups in total. The number of hydrogen-bond acceptors (Lipinski definition) is 6. The number of esters is 1. The molecule has 1 aromatic carbocycles. The summed E-state index contributed by atoms with van der Waals surface area (Å²) >= 11 is 6.12. The highest BCUT2D eigenvalue weighted by Gasteiger charge is 2.44. The number of carbonyl (C=O) groups excluding carboxylic acids is 3. The molecule has 0 aliphatic carbocycles. The van der Waals surface area contributed by atoms with Crippen LogP contribution in [0.5, 0.6) is 0 Å². The van der Waals surface area contributed by atoms with Gasteiger partial charge < -0.3 is 19.4 Å². The van der Waals surface area contributed by atoms with Crippen LogP contribution in [-0.2, 0) is 24.0 Å². The molecule has 34 heavy (non-hydrogen) atoms. The lowest BCUT2D eigenvalue weighted by molar-refractivity contribution is -0.167. The molecule has 1 heterocycles. The average Bonchev–Trinajstić information content (AvgIpc) is 3.16. The Morgan fingerprint density at radius 1 is 1.32 bits per heavy atom. The number of alkyl halides is 3. The maximum Gasteiger partial charge on any atom is 0.431 e. The average molecular weight is 508 g/mol. The molecular weight excluding hydrogens is 486 g/mol. The number of halogens is 5. The monoisotopic (exact) mass is 507 g/mol. The largest absolute Gasteiger partial charge is 0.463 e. The summed E-state index contributed by atoms with van der Waals surface area (Å²) in [6, 6.07) is 1.96. The molecule has 1 unspecified atom stereocenters. The van der Waals surface area contributed by atoms with Gasteiger partial charge in [0.2, 0.25) is 12.0 Å². The molecule has 2 rings (SSSR count). The van der Waals surface area contributed by atoms with E-state index in [9.17, 15) is 31.9 Å². The first-order chi connectivity index (χ1) is 15.7. The van der Waals surface area contributed by atoms with Crippen molar-refractivity contribution in [1.29, 1.82) is 0 Å². The van der Waals surface area contributed by atoms with Crippen molar-refractivity contribution >= 4 is 41.3 Å². The van der Waals surface area contributed by atoms with Gasteiger partial charge in [-0.15, -0.1) is 0 Å². The lowest BCUT2D eigenvalue weighted by atomic mass is 9.95. The van der Waals surface area contributed by atoms with Crippen molar-refractivity contribution in [3.8, 4) is 0 Å². The van der Waals surface area contributed by atoms with Gasteiger partial charge in [0.15, 0.2) is 0 Å². The minimum atomic E-state index is -5.01. The van der Waals surface area contributed by atoms with Crippen LogP contribution >= 0.6 is 11.6 Å². The Morgan fingerprint density at radius 2 is 1.97 bits per heavy atom. The molecule has 0 saturated carbocycles. The molecule has 186 valence electrons. The lowest BCUT2D eigenvalue weighted by Gasteiger charge is -2.22. The molecule has 0 saturated heterocycles. The second kappa shape index (κ2) is 10.4. The zero-order valence-electron chi connectivity index (χ0n) is 18.7. The van der Waals surface area contributed by atoms with Crippen molar-refractivity contribution in [1.82, 2.24) is 4.90 Å². The van der Waals surface area contributed by atoms with Gasteiger partial charge >= 0.3 is 12.1 Å². The number of anilines is 1. The predicted molar refractivity (Wildman–Crippen MR) is 115 cm³/mol. The van der Waals surface area contributed by atoms with E-state index < -0.39 is 40.9 Å². The van der Waals surface area contributed by atoms with Crippen molar-refractivity contribution in [3.05, 3.63) is 40.3 Å². The van der Waals surface area contributed by atoms with E-state index >= 15 is 0 Å². The van der Waals surface area contributed by atoms with E-state index in [0.717, 1.165) is 26.2 Å². The van der Waals surface area contributed by atoms with Gasteiger partial charge in [-0.3, -0.25) is 9.59 Å². The molecule has 13 heteroatoms. The number of nitrogens with zero attached hydrogens (tertiary/aromatic N) is 3. The van der Waals surface area contributed by atoms with Crippen LogP contribution in [0.3, 0.4) is 0 Å². The summed E-state index contributed by atoms with van der Waals surface area (Å²) in [6.45, 7) is 3.44. The van der Waals surface area contributed by atoms with Crippen molar-refractivity contribution in [2.24, 2.45) is 5.16 Å². The van der Waals surface area contributed by atoms with E-state index in [-0.39, 0.29) is 46.7 Å². The number of carbonyl (C=O) groups is 3. The van der Waals surface area contributed by atoms with Crippen LogP contribution in [0, 0.1) is 5.82 Å². The fourth-order valence-corrected chi connectivity index (χ4v) is 3.19. The molecule has 1 aliphatic rings. The Bertz CT molecular complexity index is 1040. The Morgan fingerprint density at radius 3 is 2.53 bits per heavy atom. The predicted octanol–water partition coefficient (Wildman–Crippen LogP) is 3.81.